The molecule has 0 aromatic heterocycles. The van der Waals surface area contributed by atoms with Crippen molar-refractivity contribution in [3.05, 3.63) is 0 Å². The van der Waals surface area contributed by atoms with Gasteiger partial charge in [-0.15, -0.1) is 0 Å². The molecule has 2 heterocycles. The van der Waals surface area contributed by atoms with Crippen molar-refractivity contribution < 1.29 is 19.1 Å². The summed E-state index contributed by atoms with van der Waals surface area (Å²) in [5, 5.41) is 3.29. The summed E-state index contributed by atoms with van der Waals surface area (Å²) in [6.07, 6.45) is 0.854. The number of carbonyl (C=O) groups excluding carboxylic acids is 2. The monoisotopic (exact) mass is 354 g/mol. The summed E-state index contributed by atoms with van der Waals surface area (Å²) < 4.78 is 10.4. The second kappa shape index (κ2) is 8.40. The number of amides is 1. The van der Waals surface area contributed by atoms with Crippen LogP contribution < -0.4 is 5.32 Å². The molecule has 142 valence electrons. The second-order valence-electron chi connectivity index (χ2n) is 7.27. The number of nitrogens with zero attached hydrogens (tertiary/aromatic N) is 3. The molecule has 1 atom stereocenters. The average molecular weight is 354 g/mol. The van der Waals surface area contributed by atoms with Gasteiger partial charge < -0.3 is 24.6 Å². The second-order valence-corrected chi connectivity index (χ2v) is 7.27. The van der Waals surface area contributed by atoms with Crippen molar-refractivity contribution in [3.8, 4) is 0 Å². The highest BCUT2D eigenvalue weighted by molar-refractivity contribution is 5.82. The summed E-state index contributed by atoms with van der Waals surface area (Å²) >= 11 is 0. The van der Waals surface area contributed by atoms with Gasteiger partial charge in [-0.05, 0) is 34.1 Å². The molecule has 8 nitrogen and oxygen atoms in total. The lowest BCUT2D eigenvalue weighted by Crippen LogP contribution is -2.57. The SMILES string of the molecule is CCOC(=O)CCCNC1=NCC2CN(C(=O)OC(C)(C)C)CCN12. The smallest absolute Gasteiger partial charge is 0.410 e. The Morgan fingerprint density at radius 1 is 1.32 bits per heavy atom. The number of piperazine rings is 1. The molecule has 1 fully saturated rings. The molecule has 0 spiro atoms. The fraction of sp³-hybridized carbons (Fsp3) is 0.824. The summed E-state index contributed by atoms with van der Waals surface area (Å²) in [5.74, 6) is 0.694. The number of aliphatic imine (C=N–C) groups is 1. The summed E-state index contributed by atoms with van der Waals surface area (Å²) in [7, 11) is 0. The fourth-order valence-electron chi connectivity index (χ4n) is 2.89. The Labute approximate surface area is 149 Å². The number of esters is 1. The van der Waals surface area contributed by atoms with E-state index in [0.717, 1.165) is 12.5 Å². The number of hydrogen-bond donors (Lipinski definition) is 1. The lowest BCUT2D eigenvalue weighted by Gasteiger charge is -2.39. The van der Waals surface area contributed by atoms with E-state index in [2.05, 4.69) is 15.2 Å². The van der Waals surface area contributed by atoms with Crippen LogP contribution in [0.4, 0.5) is 4.79 Å². The van der Waals surface area contributed by atoms with Crippen LogP contribution in [0.5, 0.6) is 0 Å². The van der Waals surface area contributed by atoms with E-state index < -0.39 is 5.60 Å². The van der Waals surface area contributed by atoms with Crippen LogP contribution in [0.25, 0.3) is 0 Å². The molecular formula is C17H30N4O4. The van der Waals surface area contributed by atoms with Crippen molar-refractivity contribution in [2.75, 3.05) is 39.3 Å². The van der Waals surface area contributed by atoms with Crippen LogP contribution in [-0.4, -0.2) is 78.8 Å². The minimum Gasteiger partial charge on any atom is -0.466 e. The van der Waals surface area contributed by atoms with Crippen LogP contribution in [0.1, 0.15) is 40.5 Å². The number of rotatable bonds is 5. The van der Waals surface area contributed by atoms with E-state index in [9.17, 15) is 9.59 Å². The van der Waals surface area contributed by atoms with Gasteiger partial charge in [0.2, 0.25) is 0 Å². The molecule has 25 heavy (non-hydrogen) atoms. The summed E-state index contributed by atoms with van der Waals surface area (Å²) in [6.45, 7) is 11.2. The molecule has 0 radical (unpaired) electrons. The van der Waals surface area contributed by atoms with E-state index in [0.29, 0.717) is 45.6 Å². The van der Waals surface area contributed by atoms with Gasteiger partial charge in [0.05, 0.1) is 19.2 Å². The molecular weight excluding hydrogens is 324 g/mol. The molecule has 2 aliphatic rings. The quantitative estimate of drug-likeness (QED) is 0.590. The summed E-state index contributed by atoms with van der Waals surface area (Å²) in [4.78, 5) is 32.0. The van der Waals surface area contributed by atoms with E-state index in [4.69, 9.17) is 9.47 Å². The first-order valence-corrected chi connectivity index (χ1v) is 8.98. The van der Waals surface area contributed by atoms with Crippen LogP contribution in [0.2, 0.25) is 0 Å². The van der Waals surface area contributed by atoms with Gasteiger partial charge in [-0.25, -0.2) is 4.79 Å². The number of ether oxygens (including phenoxy) is 2. The molecule has 2 rings (SSSR count). The highest BCUT2D eigenvalue weighted by Crippen LogP contribution is 2.18. The predicted molar refractivity (Wildman–Crippen MR) is 94.5 cm³/mol. The zero-order valence-electron chi connectivity index (χ0n) is 15.7. The molecule has 0 bridgehead atoms. The Morgan fingerprint density at radius 2 is 2.08 bits per heavy atom. The standard InChI is InChI=1S/C17H30N4O4/c1-5-24-14(22)7-6-8-18-15-19-11-13-12-20(9-10-21(13)15)16(23)25-17(2,3)4/h13H,5-12H2,1-4H3,(H,18,19). The predicted octanol–water partition coefficient (Wildman–Crippen LogP) is 1.21. The maximum absolute atomic E-state index is 12.2. The highest BCUT2D eigenvalue weighted by Gasteiger charge is 2.36. The van der Waals surface area contributed by atoms with E-state index in [1.165, 1.54) is 0 Å². The van der Waals surface area contributed by atoms with Crippen LogP contribution in [0, 0.1) is 0 Å². The minimum atomic E-state index is -0.480. The third-order valence-electron chi connectivity index (χ3n) is 4.00. The van der Waals surface area contributed by atoms with Crippen LogP contribution in [0.15, 0.2) is 4.99 Å². The van der Waals surface area contributed by atoms with Gasteiger partial charge in [-0.2, -0.15) is 0 Å². The Bertz CT molecular complexity index is 515. The van der Waals surface area contributed by atoms with Gasteiger partial charge in [0.15, 0.2) is 5.96 Å². The first kappa shape index (κ1) is 19.3. The van der Waals surface area contributed by atoms with E-state index in [1.807, 2.05) is 20.8 Å². The Hall–Kier alpha value is -1.99. The maximum atomic E-state index is 12.2. The van der Waals surface area contributed by atoms with Gasteiger partial charge in [0, 0.05) is 32.6 Å². The van der Waals surface area contributed by atoms with Gasteiger partial charge >= 0.3 is 12.1 Å². The Balaban J connectivity index is 1.73. The van der Waals surface area contributed by atoms with Gasteiger partial charge in [-0.1, -0.05) is 0 Å². The average Bonchev–Trinajstić information content (AvgIpc) is 2.92. The lowest BCUT2D eigenvalue weighted by atomic mass is 10.2. The first-order chi connectivity index (χ1) is 11.8. The molecule has 1 unspecified atom stereocenters. The number of fused-ring (bicyclic) bond motifs is 1. The largest absolute Gasteiger partial charge is 0.466 e. The molecule has 1 saturated heterocycles. The van der Waals surface area contributed by atoms with Crippen LogP contribution in [0.3, 0.4) is 0 Å². The van der Waals surface area contributed by atoms with Gasteiger partial charge in [-0.3, -0.25) is 9.79 Å². The Morgan fingerprint density at radius 3 is 2.76 bits per heavy atom. The van der Waals surface area contributed by atoms with E-state index in [1.54, 1.807) is 11.8 Å². The molecule has 8 heteroatoms. The topological polar surface area (TPSA) is 83.5 Å². The molecule has 0 aliphatic carbocycles. The number of carbonyl (C=O) groups is 2. The molecule has 0 aromatic carbocycles. The third-order valence-corrected chi connectivity index (χ3v) is 4.00. The Kier molecular flexibility index (Phi) is 6.50. The van der Waals surface area contributed by atoms with Crippen molar-refractivity contribution in [2.24, 2.45) is 4.99 Å². The lowest BCUT2D eigenvalue weighted by molar-refractivity contribution is -0.143. The van der Waals surface area contributed by atoms with Crippen molar-refractivity contribution in [3.63, 3.8) is 0 Å². The number of nitrogens with one attached hydrogen (secondary N) is 1. The van der Waals surface area contributed by atoms with Crippen molar-refractivity contribution in [1.29, 1.82) is 0 Å². The maximum Gasteiger partial charge on any atom is 0.410 e. The van der Waals surface area contributed by atoms with Crippen molar-refractivity contribution in [2.45, 2.75) is 52.2 Å². The van der Waals surface area contributed by atoms with Gasteiger partial charge in [0.25, 0.3) is 0 Å². The number of guanidine groups is 1. The first-order valence-electron chi connectivity index (χ1n) is 8.98. The summed E-state index contributed by atoms with van der Waals surface area (Å²) in [6, 6.07) is 0.189. The normalized spacial score (nSPS) is 20.0. The van der Waals surface area contributed by atoms with E-state index in [-0.39, 0.29) is 18.1 Å². The molecule has 0 aromatic rings. The van der Waals surface area contributed by atoms with Crippen LogP contribution in [-0.2, 0) is 14.3 Å². The van der Waals surface area contributed by atoms with Crippen molar-refractivity contribution in [1.82, 2.24) is 15.1 Å². The van der Waals surface area contributed by atoms with E-state index >= 15 is 0 Å². The molecule has 1 N–H and O–H groups in total. The molecule has 0 saturated carbocycles. The fourth-order valence-corrected chi connectivity index (χ4v) is 2.89. The van der Waals surface area contributed by atoms with Crippen molar-refractivity contribution >= 4 is 18.0 Å². The summed E-state index contributed by atoms with van der Waals surface area (Å²) in [5.41, 5.74) is -0.480. The number of hydrogen-bond acceptors (Lipinski definition) is 7. The minimum absolute atomic E-state index is 0.165. The highest BCUT2D eigenvalue weighted by atomic mass is 16.6. The van der Waals surface area contributed by atoms with Crippen LogP contribution >= 0.6 is 0 Å². The molecule has 1 amide bonds. The molecule has 2 aliphatic heterocycles. The van der Waals surface area contributed by atoms with Gasteiger partial charge in [0.1, 0.15) is 5.60 Å². The third kappa shape index (κ3) is 5.79. The zero-order chi connectivity index (χ0) is 18.4. The zero-order valence-corrected chi connectivity index (χ0v) is 15.7.